The van der Waals surface area contributed by atoms with E-state index in [1.165, 1.54) is 12.0 Å². The standard InChI is InChI=1S/C25H30ClN3O2/c1-17-6-4-7-18(12-17)13-24(30)27-19-14-20-8-5-9-21(15-19)29(20)16-25(31)28-23-11-3-2-10-22(23)26/h2-4,6-7,10-12,19-21H,5,8-9,13-16H2,1H3,(H,27,30)(H,28,31). The highest BCUT2D eigenvalue weighted by Crippen LogP contribution is 2.34. The molecule has 2 unspecified atom stereocenters. The first kappa shape index (κ1) is 21.8. The van der Waals surface area contributed by atoms with E-state index in [2.05, 4.69) is 21.6 Å². The van der Waals surface area contributed by atoms with Crippen molar-refractivity contribution in [2.45, 2.75) is 63.6 Å². The van der Waals surface area contributed by atoms with Crippen LogP contribution in [0.5, 0.6) is 0 Å². The van der Waals surface area contributed by atoms with Gasteiger partial charge in [-0.2, -0.15) is 0 Å². The summed E-state index contributed by atoms with van der Waals surface area (Å²) in [5, 5.41) is 6.74. The van der Waals surface area contributed by atoms with Crippen LogP contribution < -0.4 is 10.6 Å². The van der Waals surface area contributed by atoms with Gasteiger partial charge in [-0.15, -0.1) is 0 Å². The van der Waals surface area contributed by atoms with Gasteiger partial charge in [0.2, 0.25) is 11.8 Å². The summed E-state index contributed by atoms with van der Waals surface area (Å²) in [5.74, 6) is 0.0468. The lowest BCUT2D eigenvalue weighted by Gasteiger charge is -2.48. The van der Waals surface area contributed by atoms with E-state index in [4.69, 9.17) is 11.6 Å². The number of hydrogen-bond acceptors (Lipinski definition) is 3. The Morgan fingerprint density at radius 1 is 1.03 bits per heavy atom. The summed E-state index contributed by atoms with van der Waals surface area (Å²) in [6.45, 7) is 2.41. The van der Waals surface area contributed by atoms with E-state index in [9.17, 15) is 9.59 Å². The molecule has 2 N–H and O–H groups in total. The van der Waals surface area contributed by atoms with E-state index < -0.39 is 0 Å². The average molecular weight is 440 g/mol. The number of hydrogen-bond donors (Lipinski definition) is 2. The first-order valence-electron chi connectivity index (χ1n) is 11.1. The van der Waals surface area contributed by atoms with Gasteiger partial charge in [-0.25, -0.2) is 0 Å². The van der Waals surface area contributed by atoms with Gasteiger partial charge in [0.15, 0.2) is 0 Å². The number of aryl methyl sites for hydroxylation is 1. The Balaban J connectivity index is 1.32. The largest absolute Gasteiger partial charge is 0.353 e. The van der Waals surface area contributed by atoms with Gasteiger partial charge in [0, 0.05) is 18.1 Å². The number of nitrogens with zero attached hydrogens (tertiary/aromatic N) is 1. The quantitative estimate of drug-likeness (QED) is 0.704. The monoisotopic (exact) mass is 439 g/mol. The molecule has 164 valence electrons. The predicted molar refractivity (Wildman–Crippen MR) is 124 cm³/mol. The zero-order valence-electron chi connectivity index (χ0n) is 17.9. The van der Waals surface area contributed by atoms with E-state index in [-0.39, 0.29) is 17.9 Å². The average Bonchev–Trinajstić information content (AvgIpc) is 2.70. The molecule has 2 bridgehead atoms. The fraction of sp³-hybridized carbons (Fsp3) is 0.440. The molecule has 2 aromatic carbocycles. The zero-order chi connectivity index (χ0) is 21.8. The minimum atomic E-state index is -0.0352. The minimum Gasteiger partial charge on any atom is -0.353 e. The number of halogens is 1. The van der Waals surface area contributed by atoms with Gasteiger partial charge in [-0.3, -0.25) is 14.5 Å². The molecule has 2 saturated heterocycles. The number of nitrogens with one attached hydrogen (secondary N) is 2. The Morgan fingerprint density at radius 3 is 2.48 bits per heavy atom. The summed E-state index contributed by atoms with van der Waals surface area (Å²) in [4.78, 5) is 27.6. The van der Waals surface area contributed by atoms with Crippen LogP contribution in [0.2, 0.25) is 5.02 Å². The van der Waals surface area contributed by atoms with Crippen LogP contribution in [0, 0.1) is 6.92 Å². The van der Waals surface area contributed by atoms with Crippen LogP contribution in [0.15, 0.2) is 48.5 Å². The van der Waals surface area contributed by atoms with Crippen molar-refractivity contribution >= 4 is 29.1 Å². The summed E-state index contributed by atoms with van der Waals surface area (Å²) in [7, 11) is 0. The number of carbonyl (C=O) groups excluding carboxylic acids is 2. The zero-order valence-corrected chi connectivity index (χ0v) is 18.7. The number of carbonyl (C=O) groups is 2. The molecule has 2 atom stereocenters. The Hall–Kier alpha value is -2.37. The van der Waals surface area contributed by atoms with Crippen LogP contribution in [0.1, 0.15) is 43.2 Å². The van der Waals surface area contributed by atoms with E-state index in [1.54, 1.807) is 6.07 Å². The van der Waals surface area contributed by atoms with Crippen molar-refractivity contribution in [1.82, 2.24) is 10.2 Å². The summed E-state index contributed by atoms with van der Waals surface area (Å²) in [6, 6.07) is 16.2. The number of rotatable bonds is 6. The molecule has 2 heterocycles. The van der Waals surface area contributed by atoms with Crippen LogP contribution in [0.3, 0.4) is 0 Å². The number of fused-ring (bicyclic) bond motifs is 2. The van der Waals surface area contributed by atoms with Crippen molar-refractivity contribution < 1.29 is 9.59 Å². The van der Waals surface area contributed by atoms with Crippen LogP contribution >= 0.6 is 11.6 Å². The van der Waals surface area contributed by atoms with Crippen molar-refractivity contribution in [3.63, 3.8) is 0 Å². The molecule has 0 spiro atoms. The molecule has 0 saturated carbocycles. The molecule has 2 aromatic rings. The fourth-order valence-electron chi connectivity index (χ4n) is 5.06. The van der Waals surface area contributed by atoms with Gasteiger partial charge < -0.3 is 10.6 Å². The number of benzene rings is 2. The number of para-hydroxylation sites is 1. The molecule has 2 aliphatic heterocycles. The maximum atomic E-state index is 12.7. The number of piperidine rings is 2. The predicted octanol–water partition coefficient (Wildman–Crippen LogP) is 4.33. The lowest BCUT2D eigenvalue weighted by molar-refractivity contribution is -0.124. The molecular weight excluding hydrogens is 410 g/mol. The molecule has 6 heteroatoms. The summed E-state index contributed by atoms with van der Waals surface area (Å²) < 4.78 is 0. The maximum absolute atomic E-state index is 12.7. The van der Waals surface area contributed by atoms with Gasteiger partial charge in [0.1, 0.15) is 0 Å². The van der Waals surface area contributed by atoms with E-state index in [0.717, 1.165) is 31.2 Å². The lowest BCUT2D eigenvalue weighted by atomic mass is 9.81. The third kappa shape index (κ3) is 5.66. The molecule has 4 rings (SSSR count). The Morgan fingerprint density at radius 2 is 1.77 bits per heavy atom. The Labute approximate surface area is 189 Å². The molecule has 5 nitrogen and oxygen atoms in total. The first-order valence-corrected chi connectivity index (χ1v) is 11.5. The number of amides is 2. The Bertz CT molecular complexity index is 934. The van der Waals surface area contributed by atoms with Gasteiger partial charge in [-0.1, -0.05) is 60.0 Å². The molecule has 2 amide bonds. The highest BCUT2D eigenvalue weighted by atomic mass is 35.5. The first-order chi connectivity index (χ1) is 15.0. The van der Waals surface area contributed by atoms with E-state index in [1.807, 2.05) is 43.3 Å². The fourth-order valence-corrected chi connectivity index (χ4v) is 5.24. The third-order valence-corrected chi connectivity index (χ3v) is 6.74. The van der Waals surface area contributed by atoms with Crippen LogP contribution in [0.25, 0.3) is 0 Å². The Kier molecular flexibility index (Phi) is 6.93. The lowest BCUT2D eigenvalue weighted by Crippen LogP contribution is -2.58. The van der Waals surface area contributed by atoms with Gasteiger partial charge in [0.05, 0.1) is 23.7 Å². The normalized spacial score (nSPS) is 23.2. The summed E-state index contributed by atoms with van der Waals surface area (Å²) in [5.41, 5.74) is 2.87. The molecule has 0 aromatic heterocycles. The molecule has 2 fully saturated rings. The summed E-state index contributed by atoms with van der Waals surface area (Å²) >= 11 is 6.17. The minimum absolute atomic E-state index is 0.0352. The molecule has 0 radical (unpaired) electrons. The van der Waals surface area contributed by atoms with Crippen LogP contribution in [-0.4, -0.2) is 41.4 Å². The molecule has 31 heavy (non-hydrogen) atoms. The van der Waals surface area contributed by atoms with Crippen molar-refractivity contribution in [3.8, 4) is 0 Å². The van der Waals surface area contributed by atoms with E-state index >= 15 is 0 Å². The maximum Gasteiger partial charge on any atom is 0.238 e. The van der Waals surface area contributed by atoms with Crippen LogP contribution in [0.4, 0.5) is 5.69 Å². The summed E-state index contributed by atoms with van der Waals surface area (Å²) in [6.07, 6.45) is 5.53. The second-order valence-electron chi connectivity index (χ2n) is 8.84. The SMILES string of the molecule is Cc1cccc(CC(=O)NC2CC3CCCC(C2)N3CC(=O)Nc2ccccc2Cl)c1. The highest BCUT2D eigenvalue weighted by Gasteiger charge is 2.39. The van der Waals surface area contributed by atoms with Crippen molar-refractivity contribution in [1.29, 1.82) is 0 Å². The third-order valence-electron chi connectivity index (χ3n) is 6.41. The molecule has 0 aliphatic carbocycles. The van der Waals surface area contributed by atoms with Gasteiger partial charge in [0.25, 0.3) is 0 Å². The second-order valence-corrected chi connectivity index (χ2v) is 9.25. The number of anilines is 1. The smallest absolute Gasteiger partial charge is 0.238 e. The van der Waals surface area contributed by atoms with Crippen molar-refractivity contribution in [2.24, 2.45) is 0 Å². The topological polar surface area (TPSA) is 61.4 Å². The van der Waals surface area contributed by atoms with E-state index in [0.29, 0.717) is 35.8 Å². The van der Waals surface area contributed by atoms with Crippen molar-refractivity contribution in [3.05, 3.63) is 64.7 Å². The molecular formula is C25H30ClN3O2. The van der Waals surface area contributed by atoms with Crippen molar-refractivity contribution in [2.75, 3.05) is 11.9 Å². The van der Waals surface area contributed by atoms with Gasteiger partial charge >= 0.3 is 0 Å². The highest BCUT2D eigenvalue weighted by molar-refractivity contribution is 6.33. The molecule has 2 aliphatic rings. The van der Waals surface area contributed by atoms with Crippen LogP contribution in [-0.2, 0) is 16.0 Å². The van der Waals surface area contributed by atoms with Gasteiger partial charge in [-0.05, 0) is 50.3 Å². The second kappa shape index (κ2) is 9.84.